The Hall–Kier alpha value is -3.74. The summed E-state index contributed by atoms with van der Waals surface area (Å²) in [6.07, 6.45) is 2.33. The van der Waals surface area contributed by atoms with E-state index in [9.17, 15) is 14.4 Å². The first-order valence-corrected chi connectivity index (χ1v) is 10.2. The molecule has 2 aliphatic rings. The number of benzene rings is 2. The maximum Gasteiger partial charge on any atom is 0.255 e. The molecule has 1 N–H and O–H groups in total. The molecule has 0 unspecified atom stereocenters. The van der Waals surface area contributed by atoms with Crippen LogP contribution in [0.1, 0.15) is 35.7 Å². The lowest BCUT2D eigenvalue weighted by molar-refractivity contribution is -0.142. The van der Waals surface area contributed by atoms with Crippen LogP contribution in [-0.4, -0.2) is 37.7 Å². The van der Waals surface area contributed by atoms with Gasteiger partial charge in [0.25, 0.3) is 11.8 Å². The molecule has 1 atom stereocenters. The molecule has 5 rings (SSSR count). The number of imidazole rings is 1. The largest absolute Gasteiger partial charge is 0.333 e. The average Bonchev–Trinajstić information content (AvgIpc) is 3.32. The maximum atomic E-state index is 13.1. The molecule has 0 bridgehead atoms. The number of fused-ring (bicyclic) bond motifs is 1. The molecule has 0 radical (unpaired) electrons. The summed E-state index contributed by atoms with van der Waals surface area (Å²) in [6.45, 7) is 2.05. The molecular weight excluding hydrogens is 392 g/mol. The fourth-order valence-electron chi connectivity index (χ4n) is 4.50. The summed E-state index contributed by atoms with van der Waals surface area (Å²) in [5, 5.41) is 2.38. The van der Waals surface area contributed by atoms with E-state index in [0.717, 1.165) is 28.1 Å². The van der Waals surface area contributed by atoms with Crippen molar-refractivity contribution < 1.29 is 14.4 Å². The van der Waals surface area contributed by atoms with Gasteiger partial charge in [0.05, 0.1) is 17.7 Å². The van der Waals surface area contributed by atoms with E-state index in [1.165, 1.54) is 0 Å². The number of carbonyl (C=O) groups excluding carboxylic acids is 3. The van der Waals surface area contributed by atoms with Gasteiger partial charge >= 0.3 is 0 Å². The molecule has 0 spiro atoms. The maximum absolute atomic E-state index is 13.1. The third-order valence-electron chi connectivity index (χ3n) is 6.34. The molecule has 31 heavy (non-hydrogen) atoms. The van der Waals surface area contributed by atoms with E-state index in [1.54, 1.807) is 18.2 Å². The van der Waals surface area contributed by atoms with Gasteiger partial charge in [0.15, 0.2) is 0 Å². The number of nitrogens with one attached hydrogen (secondary N) is 1. The second kappa shape index (κ2) is 6.91. The number of aromatic nitrogens is 2. The van der Waals surface area contributed by atoms with Crippen LogP contribution in [0.4, 0.5) is 0 Å². The Labute approximate surface area is 179 Å². The van der Waals surface area contributed by atoms with E-state index >= 15 is 0 Å². The lowest BCUT2D eigenvalue weighted by atomic mass is 9.89. The number of imide groups is 1. The van der Waals surface area contributed by atoms with Gasteiger partial charge in [-0.15, -0.1) is 0 Å². The van der Waals surface area contributed by atoms with Crippen LogP contribution in [0, 0.1) is 0 Å². The lowest BCUT2D eigenvalue weighted by Crippen LogP contribution is -2.61. The van der Waals surface area contributed by atoms with Gasteiger partial charge in [-0.1, -0.05) is 36.4 Å². The minimum absolute atomic E-state index is 0.183. The number of nitrogens with zero attached hydrogens (tertiary/aromatic N) is 3. The molecule has 3 aromatic rings. The van der Waals surface area contributed by atoms with Crippen molar-refractivity contribution >= 4 is 17.7 Å². The summed E-state index contributed by atoms with van der Waals surface area (Å²) in [5.74, 6) is -0.892. The third-order valence-corrected chi connectivity index (χ3v) is 6.34. The fourth-order valence-corrected chi connectivity index (χ4v) is 4.50. The van der Waals surface area contributed by atoms with Crippen molar-refractivity contribution in [2.24, 2.45) is 7.05 Å². The second-order valence-electron chi connectivity index (χ2n) is 8.33. The standard InChI is InChI=1S/C24H22N4O3/c1-24(11-10-19(29)26-23(24)31)28-13-17-12-16(8-9-18(17)22(28)30)20-21(27(2)14-25-20)15-6-4-3-5-7-15/h3-9,12,14H,10-11,13H2,1-2H3,(H,26,29,31)/t24-/m0/s1. The summed E-state index contributed by atoms with van der Waals surface area (Å²) in [7, 11) is 1.96. The van der Waals surface area contributed by atoms with Gasteiger partial charge < -0.3 is 9.47 Å². The zero-order valence-electron chi connectivity index (χ0n) is 17.4. The molecule has 1 saturated heterocycles. The minimum atomic E-state index is -1.04. The van der Waals surface area contributed by atoms with Crippen molar-refractivity contribution in [3.8, 4) is 22.5 Å². The van der Waals surface area contributed by atoms with Crippen LogP contribution in [0.5, 0.6) is 0 Å². The normalized spacial score (nSPS) is 20.7. The van der Waals surface area contributed by atoms with Gasteiger partial charge in [0, 0.05) is 36.7 Å². The van der Waals surface area contributed by atoms with Crippen molar-refractivity contribution in [1.82, 2.24) is 19.8 Å². The zero-order chi connectivity index (χ0) is 21.8. The average molecular weight is 414 g/mol. The summed E-state index contributed by atoms with van der Waals surface area (Å²) < 4.78 is 1.99. The van der Waals surface area contributed by atoms with Crippen molar-refractivity contribution in [3.05, 3.63) is 66.0 Å². The predicted molar refractivity (Wildman–Crippen MR) is 115 cm³/mol. The smallest absolute Gasteiger partial charge is 0.255 e. The Morgan fingerprint density at radius 3 is 2.55 bits per heavy atom. The number of amides is 3. The number of hydrogen-bond donors (Lipinski definition) is 1. The highest BCUT2D eigenvalue weighted by Gasteiger charge is 2.48. The molecular formula is C24H22N4O3. The molecule has 1 fully saturated rings. The molecule has 2 aliphatic heterocycles. The first-order chi connectivity index (χ1) is 14.9. The molecule has 3 heterocycles. The van der Waals surface area contributed by atoms with Crippen LogP contribution in [0.3, 0.4) is 0 Å². The van der Waals surface area contributed by atoms with Gasteiger partial charge in [0.2, 0.25) is 5.91 Å². The van der Waals surface area contributed by atoms with E-state index in [1.807, 2.05) is 60.1 Å². The Morgan fingerprint density at radius 2 is 1.81 bits per heavy atom. The van der Waals surface area contributed by atoms with Crippen LogP contribution in [0.15, 0.2) is 54.9 Å². The SMILES string of the molecule is Cn1cnc(-c2ccc3c(c2)CN([C@@]2(C)CCC(=O)NC2=O)C3=O)c1-c1ccccc1. The van der Waals surface area contributed by atoms with Crippen molar-refractivity contribution in [1.29, 1.82) is 0 Å². The fraction of sp³-hybridized carbons (Fsp3) is 0.250. The minimum Gasteiger partial charge on any atom is -0.333 e. The van der Waals surface area contributed by atoms with Gasteiger partial charge in [-0.25, -0.2) is 4.98 Å². The van der Waals surface area contributed by atoms with Crippen molar-refractivity contribution in [2.45, 2.75) is 31.8 Å². The highest BCUT2D eigenvalue weighted by atomic mass is 16.2. The molecule has 0 saturated carbocycles. The monoisotopic (exact) mass is 414 g/mol. The topological polar surface area (TPSA) is 84.3 Å². The first kappa shape index (κ1) is 19.2. The third kappa shape index (κ3) is 2.96. The Kier molecular flexibility index (Phi) is 4.28. The van der Waals surface area contributed by atoms with E-state index < -0.39 is 11.4 Å². The van der Waals surface area contributed by atoms with Gasteiger partial charge in [-0.3, -0.25) is 19.7 Å². The van der Waals surface area contributed by atoms with Gasteiger partial charge in [-0.05, 0) is 31.0 Å². The zero-order valence-corrected chi connectivity index (χ0v) is 17.4. The number of hydrogen-bond acceptors (Lipinski definition) is 4. The first-order valence-electron chi connectivity index (χ1n) is 10.2. The van der Waals surface area contributed by atoms with Gasteiger partial charge in [-0.2, -0.15) is 0 Å². The van der Waals surface area contributed by atoms with Crippen LogP contribution in [0.25, 0.3) is 22.5 Å². The number of rotatable bonds is 3. The summed E-state index contributed by atoms with van der Waals surface area (Å²) >= 11 is 0. The summed E-state index contributed by atoms with van der Waals surface area (Å²) in [6, 6.07) is 15.7. The molecule has 7 nitrogen and oxygen atoms in total. The Balaban J connectivity index is 1.52. The quantitative estimate of drug-likeness (QED) is 0.668. The summed E-state index contributed by atoms with van der Waals surface area (Å²) in [4.78, 5) is 43.5. The Morgan fingerprint density at radius 1 is 1.03 bits per heavy atom. The molecule has 3 amide bonds. The highest BCUT2D eigenvalue weighted by molar-refractivity contribution is 6.07. The van der Waals surface area contributed by atoms with Crippen LogP contribution >= 0.6 is 0 Å². The van der Waals surface area contributed by atoms with Crippen LogP contribution in [0.2, 0.25) is 0 Å². The number of carbonyl (C=O) groups is 3. The van der Waals surface area contributed by atoms with E-state index in [2.05, 4.69) is 10.3 Å². The molecule has 2 aromatic carbocycles. The Bertz CT molecular complexity index is 1230. The van der Waals surface area contributed by atoms with E-state index in [0.29, 0.717) is 18.5 Å². The predicted octanol–water partition coefficient (Wildman–Crippen LogP) is 2.91. The van der Waals surface area contributed by atoms with E-state index in [-0.39, 0.29) is 18.2 Å². The molecule has 156 valence electrons. The lowest BCUT2D eigenvalue weighted by Gasteiger charge is -2.39. The number of aryl methyl sites for hydroxylation is 1. The second-order valence-corrected chi connectivity index (χ2v) is 8.33. The number of piperidine rings is 1. The van der Waals surface area contributed by atoms with Crippen LogP contribution in [-0.2, 0) is 23.2 Å². The van der Waals surface area contributed by atoms with Crippen molar-refractivity contribution in [2.75, 3.05) is 0 Å². The van der Waals surface area contributed by atoms with Gasteiger partial charge in [0.1, 0.15) is 5.54 Å². The molecule has 7 heteroatoms. The highest BCUT2D eigenvalue weighted by Crippen LogP contribution is 2.37. The van der Waals surface area contributed by atoms with Crippen LogP contribution < -0.4 is 5.32 Å². The summed E-state index contributed by atoms with van der Waals surface area (Å²) in [5.41, 5.74) is 4.23. The molecule has 0 aliphatic carbocycles. The van der Waals surface area contributed by atoms with Crippen molar-refractivity contribution in [3.63, 3.8) is 0 Å². The molecule has 1 aromatic heterocycles. The van der Waals surface area contributed by atoms with E-state index in [4.69, 9.17) is 0 Å².